The number of pyridine rings is 1. The van der Waals surface area contributed by atoms with Gasteiger partial charge in [-0.15, -0.1) is 0 Å². The SMILES string of the molecule is CC[C@@H]1c2ccc[n+]3c2[C@@](O)(C[C@H]3[C@@H]2C[C@H](C)C(=O)O2)[C@@H]2[C@H]1OC(=O)[C@H]2C. The first-order valence-corrected chi connectivity index (χ1v) is 10.0. The van der Waals surface area contributed by atoms with Gasteiger partial charge in [0, 0.05) is 29.9 Å². The fraction of sp³-hybridized carbons (Fsp3) is 0.667. The molecule has 1 aliphatic carbocycles. The third kappa shape index (κ3) is 2.08. The first-order chi connectivity index (χ1) is 12.9. The number of rotatable bonds is 2. The van der Waals surface area contributed by atoms with Crippen molar-refractivity contribution >= 4 is 11.9 Å². The van der Waals surface area contributed by atoms with Crippen LogP contribution in [0.1, 0.15) is 63.3 Å². The highest BCUT2D eigenvalue weighted by atomic mass is 16.6. The second kappa shape index (κ2) is 5.53. The van der Waals surface area contributed by atoms with Gasteiger partial charge >= 0.3 is 11.9 Å². The molecule has 8 atom stereocenters. The minimum absolute atomic E-state index is 0.0791. The summed E-state index contributed by atoms with van der Waals surface area (Å²) in [6, 6.07) is 3.92. The van der Waals surface area contributed by atoms with E-state index in [-0.39, 0.29) is 53.9 Å². The van der Waals surface area contributed by atoms with E-state index in [1.165, 1.54) is 0 Å². The Hall–Kier alpha value is -1.95. The van der Waals surface area contributed by atoms with Gasteiger partial charge in [-0.1, -0.05) is 20.8 Å². The number of carbonyl (C=O) groups is 2. The van der Waals surface area contributed by atoms with Gasteiger partial charge in [0.15, 0.2) is 23.9 Å². The molecule has 5 rings (SSSR count). The van der Waals surface area contributed by atoms with Crippen LogP contribution in [0.15, 0.2) is 18.3 Å². The minimum atomic E-state index is -1.14. The summed E-state index contributed by atoms with van der Waals surface area (Å²) in [6.45, 7) is 5.85. The Bertz CT molecular complexity index is 838. The zero-order valence-electron chi connectivity index (χ0n) is 15.9. The molecule has 0 saturated carbocycles. The molecule has 2 fully saturated rings. The largest absolute Gasteiger partial charge is 0.461 e. The van der Waals surface area contributed by atoms with Gasteiger partial charge in [-0.3, -0.25) is 9.59 Å². The van der Waals surface area contributed by atoms with Crippen molar-refractivity contribution in [3.8, 4) is 0 Å². The van der Waals surface area contributed by atoms with Crippen LogP contribution in [0.5, 0.6) is 0 Å². The number of hydrogen-bond acceptors (Lipinski definition) is 5. The van der Waals surface area contributed by atoms with Crippen molar-refractivity contribution in [3.63, 3.8) is 0 Å². The number of carbonyl (C=O) groups excluding carboxylic acids is 2. The Balaban J connectivity index is 1.66. The lowest BCUT2D eigenvalue weighted by atomic mass is 9.64. The number of hydrogen-bond donors (Lipinski definition) is 1. The predicted molar refractivity (Wildman–Crippen MR) is 93.4 cm³/mol. The van der Waals surface area contributed by atoms with Crippen LogP contribution in [0.2, 0.25) is 0 Å². The molecule has 0 bridgehead atoms. The molecular formula is C21H26NO5+. The fourth-order valence-electron chi connectivity index (χ4n) is 6.10. The van der Waals surface area contributed by atoms with Crippen LogP contribution in [0, 0.1) is 17.8 Å². The third-order valence-electron chi connectivity index (χ3n) is 7.33. The van der Waals surface area contributed by atoms with E-state index in [2.05, 4.69) is 11.5 Å². The van der Waals surface area contributed by atoms with E-state index < -0.39 is 5.60 Å². The Labute approximate surface area is 158 Å². The third-order valence-corrected chi connectivity index (χ3v) is 7.33. The van der Waals surface area contributed by atoms with Gasteiger partial charge < -0.3 is 14.6 Å². The molecule has 3 aliphatic heterocycles. The molecule has 1 aromatic heterocycles. The van der Waals surface area contributed by atoms with Crippen molar-refractivity contribution in [2.45, 2.75) is 69.8 Å². The average molecular weight is 372 g/mol. The zero-order valence-corrected chi connectivity index (χ0v) is 15.9. The maximum Gasteiger partial charge on any atom is 0.309 e. The van der Waals surface area contributed by atoms with Gasteiger partial charge in [0.05, 0.1) is 18.3 Å². The van der Waals surface area contributed by atoms with Crippen LogP contribution >= 0.6 is 0 Å². The Morgan fingerprint density at radius 1 is 1.26 bits per heavy atom. The molecule has 0 amide bonds. The Morgan fingerprint density at radius 3 is 2.70 bits per heavy atom. The second-order valence-corrected chi connectivity index (χ2v) is 8.76. The van der Waals surface area contributed by atoms with E-state index in [1.807, 2.05) is 32.2 Å². The number of esters is 2. The van der Waals surface area contributed by atoms with Gasteiger partial charge in [-0.25, -0.2) is 0 Å². The normalized spacial score (nSPS) is 44.7. The summed E-state index contributed by atoms with van der Waals surface area (Å²) < 4.78 is 13.5. The van der Waals surface area contributed by atoms with Crippen LogP contribution in [0.25, 0.3) is 0 Å². The summed E-state index contributed by atoms with van der Waals surface area (Å²) in [5.74, 6) is -1.04. The van der Waals surface area contributed by atoms with E-state index in [0.717, 1.165) is 17.7 Å². The van der Waals surface area contributed by atoms with Crippen LogP contribution < -0.4 is 4.57 Å². The van der Waals surface area contributed by atoms with Gasteiger partial charge in [0.25, 0.3) is 0 Å². The molecule has 144 valence electrons. The number of aromatic nitrogens is 1. The monoisotopic (exact) mass is 372 g/mol. The summed E-state index contributed by atoms with van der Waals surface area (Å²) in [5, 5.41) is 11.9. The van der Waals surface area contributed by atoms with Crippen molar-refractivity contribution in [2.24, 2.45) is 17.8 Å². The van der Waals surface area contributed by atoms with Gasteiger partial charge in [0.1, 0.15) is 6.10 Å². The molecule has 0 radical (unpaired) electrons. The van der Waals surface area contributed by atoms with Crippen molar-refractivity contribution in [3.05, 3.63) is 29.6 Å². The molecule has 4 aliphatic rings. The summed E-state index contributed by atoms with van der Waals surface area (Å²) in [4.78, 5) is 24.4. The van der Waals surface area contributed by atoms with Crippen molar-refractivity contribution in [1.82, 2.24) is 0 Å². The molecule has 1 N–H and O–H groups in total. The summed E-state index contributed by atoms with van der Waals surface area (Å²) in [5.41, 5.74) is 0.816. The summed E-state index contributed by atoms with van der Waals surface area (Å²) in [6.07, 6.45) is 3.39. The summed E-state index contributed by atoms with van der Waals surface area (Å²) >= 11 is 0. The topological polar surface area (TPSA) is 76.7 Å². The highest BCUT2D eigenvalue weighted by Gasteiger charge is 2.69. The maximum absolute atomic E-state index is 12.4. The second-order valence-electron chi connectivity index (χ2n) is 8.76. The van der Waals surface area contributed by atoms with Crippen molar-refractivity contribution in [2.75, 3.05) is 0 Å². The Kier molecular flexibility index (Phi) is 3.52. The molecule has 4 heterocycles. The lowest BCUT2D eigenvalue weighted by molar-refractivity contribution is -0.724. The number of cyclic esters (lactones) is 1. The van der Waals surface area contributed by atoms with E-state index >= 15 is 0 Å². The average Bonchev–Trinajstić information content (AvgIpc) is 3.23. The van der Waals surface area contributed by atoms with E-state index in [1.54, 1.807) is 0 Å². The highest BCUT2D eigenvalue weighted by Crippen LogP contribution is 2.57. The predicted octanol–water partition coefficient (Wildman–Crippen LogP) is 1.74. The van der Waals surface area contributed by atoms with Crippen molar-refractivity contribution in [1.29, 1.82) is 0 Å². The molecule has 27 heavy (non-hydrogen) atoms. The number of ether oxygens (including phenoxy) is 2. The molecule has 0 unspecified atom stereocenters. The van der Waals surface area contributed by atoms with Crippen LogP contribution in [-0.4, -0.2) is 29.3 Å². The fourth-order valence-corrected chi connectivity index (χ4v) is 6.10. The van der Waals surface area contributed by atoms with Gasteiger partial charge in [-0.2, -0.15) is 4.57 Å². The number of nitrogens with zero attached hydrogens (tertiary/aromatic N) is 1. The van der Waals surface area contributed by atoms with Gasteiger partial charge in [-0.05, 0) is 12.5 Å². The van der Waals surface area contributed by atoms with Crippen LogP contribution in [0.3, 0.4) is 0 Å². The van der Waals surface area contributed by atoms with E-state index in [4.69, 9.17) is 9.47 Å². The molecule has 0 aromatic carbocycles. The van der Waals surface area contributed by atoms with E-state index in [0.29, 0.717) is 12.8 Å². The standard InChI is InChI=1S/C21H26NO5/c1-4-12-13-6-5-7-22-14(15-8-10(2)19(23)26-15)9-21(25,18(13)22)16-11(3)20(24)27-17(12)16/h5-7,10-12,14-17,25H,4,8-9H2,1-3H3/q+1/t10-,11-,12+,14-,15-,16-,17-,21+/m0/s1. The Morgan fingerprint density at radius 2 is 2.04 bits per heavy atom. The van der Waals surface area contributed by atoms with E-state index in [9.17, 15) is 14.7 Å². The molecule has 1 aromatic rings. The van der Waals surface area contributed by atoms with Crippen LogP contribution in [0.4, 0.5) is 0 Å². The van der Waals surface area contributed by atoms with Gasteiger partial charge in [0.2, 0.25) is 5.69 Å². The number of fused-ring (bicyclic) bond motifs is 2. The minimum Gasteiger partial charge on any atom is -0.461 e. The molecular weight excluding hydrogens is 346 g/mol. The maximum atomic E-state index is 12.4. The quantitative estimate of drug-likeness (QED) is 0.632. The lowest BCUT2D eigenvalue weighted by Crippen LogP contribution is -2.51. The van der Waals surface area contributed by atoms with Crippen LogP contribution in [-0.2, 0) is 24.7 Å². The zero-order chi connectivity index (χ0) is 19.1. The molecule has 2 saturated heterocycles. The smallest absolute Gasteiger partial charge is 0.309 e. The van der Waals surface area contributed by atoms with Crippen molar-refractivity contribution < 1.29 is 28.7 Å². The molecule has 0 spiro atoms. The lowest BCUT2D eigenvalue weighted by Gasteiger charge is -2.40. The molecule has 6 nitrogen and oxygen atoms in total. The first kappa shape index (κ1) is 17.2. The highest BCUT2D eigenvalue weighted by molar-refractivity contribution is 5.76. The molecule has 6 heteroatoms. The first-order valence-electron chi connectivity index (χ1n) is 10.0. The number of aliphatic hydroxyl groups is 1. The summed E-state index contributed by atoms with van der Waals surface area (Å²) in [7, 11) is 0.